The zero-order chi connectivity index (χ0) is 18.8. The van der Waals surface area contributed by atoms with Gasteiger partial charge in [0.25, 0.3) is 5.91 Å². The van der Waals surface area contributed by atoms with Crippen molar-refractivity contribution in [2.45, 2.75) is 37.8 Å². The van der Waals surface area contributed by atoms with Gasteiger partial charge in [0.05, 0.1) is 11.3 Å². The zero-order valence-corrected chi connectivity index (χ0v) is 15.1. The lowest BCUT2D eigenvalue weighted by Crippen LogP contribution is -2.23. The quantitative estimate of drug-likeness (QED) is 0.615. The van der Waals surface area contributed by atoms with Gasteiger partial charge in [-0.2, -0.15) is 0 Å². The van der Waals surface area contributed by atoms with Crippen LogP contribution < -0.4 is 11.1 Å². The Labute approximate surface area is 156 Å². The number of hydrogen-bond acceptors (Lipinski definition) is 5. The molecular weight excluding hydrogens is 342 g/mol. The van der Waals surface area contributed by atoms with Crippen molar-refractivity contribution in [3.8, 4) is 11.3 Å². The fourth-order valence-electron chi connectivity index (χ4n) is 4.51. The number of carbonyl (C=O) groups excluding carboxylic acids is 1. The van der Waals surface area contributed by atoms with Crippen LogP contribution in [0.1, 0.15) is 47.3 Å². The van der Waals surface area contributed by atoms with Crippen molar-refractivity contribution in [3.63, 3.8) is 0 Å². The van der Waals surface area contributed by atoms with Crippen LogP contribution in [0.25, 0.3) is 22.2 Å². The third-order valence-corrected chi connectivity index (χ3v) is 5.94. The van der Waals surface area contributed by atoms with E-state index in [1.54, 1.807) is 6.20 Å². The third kappa shape index (κ3) is 2.28. The first kappa shape index (κ1) is 16.3. The molecule has 27 heavy (non-hydrogen) atoms. The van der Waals surface area contributed by atoms with Crippen molar-refractivity contribution < 1.29 is 9.90 Å². The number of nitrogens with two attached hydrogens (primary N) is 1. The molecule has 7 nitrogen and oxygen atoms in total. The molecule has 0 unspecified atom stereocenters. The summed E-state index contributed by atoms with van der Waals surface area (Å²) in [7, 11) is 1.88. The van der Waals surface area contributed by atoms with E-state index in [-0.39, 0.29) is 11.9 Å². The topological polar surface area (TPSA) is 106 Å². The zero-order valence-electron chi connectivity index (χ0n) is 15.1. The Kier molecular flexibility index (Phi) is 3.33. The lowest BCUT2D eigenvalue weighted by Gasteiger charge is -2.23. The molecule has 1 amide bonds. The van der Waals surface area contributed by atoms with Gasteiger partial charge in [-0.1, -0.05) is 18.9 Å². The van der Waals surface area contributed by atoms with Crippen LogP contribution in [0.3, 0.4) is 0 Å². The second-order valence-corrected chi connectivity index (χ2v) is 7.54. The molecule has 1 aliphatic heterocycles. The lowest BCUT2D eigenvalue weighted by molar-refractivity contribution is 0.0446. The number of hydrogen-bond donors (Lipinski definition) is 3. The Morgan fingerprint density at radius 2 is 2.07 bits per heavy atom. The molecule has 1 aromatic carbocycles. The molecule has 0 radical (unpaired) electrons. The normalized spacial score (nSPS) is 18.1. The number of aryl methyl sites for hydroxylation is 1. The molecule has 4 N–H and O–H groups in total. The van der Waals surface area contributed by atoms with E-state index in [0.717, 1.165) is 53.3 Å². The SMILES string of the molecule is Cn1c2c(c3cc(C4(O)CCCC4)ccc31)-c1nc(N)ncc1CNC2=O. The van der Waals surface area contributed by atoms with E-state index in [9.17, 15) is 9.90 Å². The van der Waals surface area contributed by atoms with E-state index in [0.29, 0.717) is 17.9 Å². The summed E-state index contributed by atoms with van der Waals surface area (Å²) < 4.78 is 1.88. The number of amides is 1. The van der Waals surface area contributed by atoms with Gasteiger partial charge < -0.3 is 20.7 Å². The molecule has 1 fully saturated rings. The number of anilines is 1. The van der Waals surface area contributed by atoms with Gasteiger partial charge in [-0.15, -0.1) is 0 Å². The Morgan fingerprint density at radius 3 is 2.85 bits per heavy atom. The Bertz CT molecular complexity index is 1100. The number of nitrogens with one attached hydrogen (secondary N) is 1. The summed E-state index contributed by atoms with van der Waals surface area (Å²) in [6.45, 7) is 0.355. The second kappa shape index (κ2) is 5.53. The second-order valence-electron chi connectivity index (χ2n) is 7.54. The highest BCUT2D eigenvalue weighted by Gasteiger charge is 2.34. The highest BCUT2D eigenvalue weighted by atomic mass is 16.3. The van der Waals surface area contributed by atoms with E-state index < -0.39 is 5.60 Å². The van der Waals surface area contributed by atoms with Crippen molar-refractivity contribution in [3.05, 3.63) is 41.2 Å². The number of carbonyl (C=O) groups is 1. The summed E-state index contributed by atoms with van der Waals surface area (Å²) >= 11 is 0. The minimum absolute atomic E-state index is 0.151. The minimum Gasteiger partial charge on any atom is -0.385 e. The maximum absolute atomic E-state index is 12.8. The average Bonchev–Trinajstić information content (AvgIpc) is 3.18. The van der Waals surface area contributed by atoms with Crippen LogP contribution in [0.15, 0.2) is 24.4 Å². The van der Waals surface area contributed by atoms with Gasteiger partial charge in [-0.25, -0.2) is 9.97 Å². The van der Waals surface area contributed by atoms with E-state index in [1.807, 2.05) is 29.8 Å². The first-order valence-corrected chi connectivity index (χ1v) is 9.23. The number of benzene rings is 1. The van der Waals surface area contributed by atoms with E-state index in [1.165, 1.54) is 0 Å². The van der Waals surface area contributed by atoms with Gasteiger partial charge in [0.2, 0.25) is 5.95 Å². The Hall–Kier alpha value is -2.93. The first-order valence-electron chi connectivity index (χ1n) is 9.23. The monoisotopic (exact) mass is 363 g/mol. The number of rotatable bonds is 1. The van der Waals surface area contributed by atoms with Gasteiger partial charge in [0.15, 0.2) is 0 Å². The molecule has 3 aromatic rings. The molecule has 0 saturated heterocycles. The molecule has 3 heterocycles. The summed E-state index contributed by atoms with van der Waals surface area (Å²) in [5, 5.41) is 14.9. The summed E-state index contributed by atoms with van der Waals surface area (Å²) in [5.74, 6) is 0.0260. The number of fused-ring (bicyclic) bond motifs is 5. The molecule has 0 atom stereocenters. The molecule has 2 aliphatic rings. The summed E-state index contributed by atoms with van der Waals surface area (Å²) in [6, 6.07) is 5.97. The van der Waals surface area contributed by atoms with Crippen LogP contribution in [0.5, 0.6) is 0 Å². The minimum atomic E-state index is -0.794. The van der Waals surface area contributed by atoms with Crippen molar-refractivity contribution in [1.29, 1.82) is 0 Å². The Morgan fingerprint density at radius 1 is 1.30 bits per heavy atom. The fraction of sp³-hybridized carbons (Fsp3) is 0.350. The van der Waals surface area contributed by atoms with Crippen molar-refractivity contribution in [1.82, 2.24) is 19.9 Å². The standard InChI is InChI=1S/C20H21N5O2/c1-25-14-5-4-12(20(27)6-2-3-7-20)8-13(14)15-16-11(10-23-19(21)24-16)9-22-18(26)17(15)25/h4-5,8,10,27H,2-3,6-7,9H2,1H3,(H,22,26)(H2,21,23,24). The molecular formula is C20H21N5O2. The van der Waals surface area contributed by atoms with E-state index in [4.69, 9.17) is 5.73 Å². The molecule has 5 rings (SSSR count). The van der Waals surface area contributed by atoms with Crippen LogP contribution in [-0.4, -0.2) is 25.5 Å². The average molecular weight is 363 g/mol. The smallest absolute Gasteiger partial charge is 0.268 e. The van der Waals surface area contributed by atoms with Gasteiger partial charge in [0, 0.05) is 41.8 Å². The highest BCUT2D eigenvalue weighted by Crippen LogP contribution is 2.42. The summed E-state index contributed by atoms with van der Waals surface area (Å²) in [5.41, 5.74) is 9.69. The predicted molar refractivity (Wildman–Crippen MR) is 102 cm³/mol. The molecule has 2 aromatic heterocycles. The maximum atomic E-state index is 12.8. The molecule has 1 aliphatic carbocycles. The third-order valence-electron chi connectivity index (χ3n) is 5.94. The largest absolute Gasteiger partial charge is 0.385 e. The highest BCUT2D eigenvalue weighted by molar-refractivity contribution is 6.11. The number of nitrogens with zero attached hydrogens (tertiary/aromatic N) is 3. The first-order chi connectivity index (χ1) is 13.0. The fourth-order valence-corrected chi connectivity index (χ4v) is 4.51. The lowest BCUT2D eigenvalue weighted by atomic mass is 9.90. The molecule has 7 heteroatoms. The van der Waals surface area contributed by atoms with Crippen LogP contribution in [0.4, 0.5) is 5.95 Å². The van der Waals surface area contributed by atoms with E-state index >= 15 is 0 Å². The van der Waals surface area contributed by atoms with Crippen molar-refractivity contribution in [2.75, 3.05) is 5.73 Å². The molecule has 1 saturated carbocycles. The molecule has 0 bridgehead atoms. The van der Waals surface area contributed by atoms with Crippen LogP contribution in [0.2, 0.25) is 0 Å². The number of aliphatic hydroxyl groups is 1. The number of nitrogen functional groups attached to an aromatic ring is 1. The van der Waals surface area contributed by atoms with Gasteiger partial charge in [-0.05, 0) is 30.5 Å². The van der Waals surface area contributed by atoms with Gasteiger partial charge in [-0.3, -0.25) is 4.79 Å². The van der Waals surface area contributed by atoms with Gasteiger partial charge in [0.1, 0.15) is 5.69 Å². The van der Waals surface area contributed by atoms with Crippen LogP contribution in [0, 0.1) is 0 Å². The van der Waals surface area contributed by atoms with Crippen LogP contribution >= 0.6 is 0 Å². The number of aromatic nitrogens is 3. The summed E-state index contributed by atoms with van der Waals surface area (Å²) in [6.07, 6.45) is 5.24. The Balaban J connectivity index is 1.85. The summed E-state index contributed by atoms with van der Waals surface area (Å²) in [4.78, 5) is 21.3. The predicted octanol–water partition coefficient (Wildman–Crippen LogP) is 2.22. The van der Waals surface area contributed by atoms with Crippen LogP contribution in [-0.2, 0) is 19.2 Å². The maximum Gasteiger partial charge on any atom is 0.268 e. The van der Waals surface area contributed by atoms with Crippen molar-refractivity contribution >= 4 is 22.8 Å². The van der Waals surface area contributed by atoms with E-state index in [2.05, 4.69) is 15.3 Å². The van der Waals surface area contributed by atoms with Gasteiger partial charge >= 0.3 is 0 Å². The molecule has 138 valence electrons. The van der Waals surface area contributed by atoms with Crippen molar-refractivity contribution in [2.24, 2.45) is 7.05 Å². The molecule has 0 spiro atoms.